The van der Waals surface area contributed by atoms with Gasteiger partial charge in [0.25, 0.3) is 0 Å². The number of nitrogens with zero attached hydrogens (tertiary/aromatic N) is 2. The van der Waals surface area contributed by atoms with Gasteiger partial charge in [0.15, 0.2) is 0 Å². The van der Waals surface area contributed by atoms with Gasteiger partial charge in [0.1, 0.15) is 11.5 Å². The number of aromatic nitrogens is 2. The van der Waals surface area contributed by atoms with Crippen LogP contribution in [0.4, 0.5) is 0 Å². The van der Waals surface area contributed by atoms with Gasteiger partial charge in [-0.05, 0) is 53.6 Å². The normalized spacial score (nSPS) is 11.7. The van der Waals surface area contributed by atoms with Gasteiger partial charge >= 0.3 is 0 Å². The van der Waals surface area contributed by atoms with Crippen molar-refractivity contribution in [3.8, 4) is 39.9 Å². The molecule has 0 fully saturated rings. The summed E-state index contributed by atoms with van der Waals surface area (Å²) in [5.74, 6) is 1.58. The van der Waals surface area contributed by atoms with Gasteiger partial charge in [-0.25, -0.2) is 9.97 Å². The molecule has 2 heterocycles. The van der Waals surface area contributed by atoms with Crippen LogP contribution in [0.5, 0.6) is 17.4 Å². The van der Waals surface area contributed by atoms with Crippen molar-refractivity contribution in [2.45, 2.75) is 12.8 Å². The van der Waals surface area contributed by atoms with E-state index in [9.17, 15) is 5.11 Å². The molecule has 3 aromatic carbocycles. The van der Waals surface area contributed by atoms with Crippen LogP contribution in [0.3, 0.4) is 0 Å². The molecule has 0 aliphatic carbocycles. The van der Waals surface area contributed by atoms with E-state index in [0.29, 0.717) is 17.2 Å². The second kappa shape index (κ2) is 9.59. The highest BCUT2D eigenvalue weighted by Gasteiger charge is 2.15. The molecule has 1 atom stereocenters. The zero-order valence-corrected chi connectivity index (χ0v) is 18.8. The van der Waals surface area contributed by atoms with E-state index in [2.05, 4.69) is 48.3 Å². The van der Waals surface area contributed by atoms with Crippen molar-refractivity contribution in [1.82, 2.24) is 9.97 Å². The second-order valence-corrected chi connectivity index (χ2v) is 8.12. The second-order valence-electron chi connectivity index (χ2n) is 8.12. The topological polar surface area (TPSA) is 55.2 Å². The molecule has 0 amide bonds. The van der Waals surface area contributed by atoms with Crippen molar-refractivity contribution in [2.75, 3.05) is 0 Å². The van der Waals surface area contributed by atoms with E-state index in [-0.39, 0.29) is 11.7 Å². The third-order valence-corrected chi connectivity index (χ3v) is 5.82. The number of pyridine rings is 2. The number of benzene rings is 3. The minimum Gasteiger partial charge on any atom is -0.507 e. The standard InChI is InChI=1S/C30H24N2O2/c1-21(22-10-3-2-4-11-22)24-19-27(32-28(20-24)26-14-5-6-15-29(26)33)23-12-9-13-25(18-23)34-30-16-7-8-17-31-30/h2-21,33H,1H3. The molecule has 34 heavy (non-hydrogen) atoms. The third-order valence-electron chi connectivity index (χ3n) is 5.82. The molecule has 0 bridgehead atoms. The number of phenolic OH excluding ortho intramolecular Hbond substituents is 1. The largest absolute Gasteiger partial charge is 0.507 e. The highest BCUT2D eigenvalue weighted by atomic mass is 16.5. The summed E-state index contributed by atoms with van der Waals surface area (Å²) in [7, 11) is 0. The Labute approximate surface area is 199 Å². The summed E-state index contributed by atoms with van der Waals surface area (Å²) < 4.78 is 5.94. The highest BCUT2D eigenvalue weighted by Crippen LogP contribution is 2.35. The number of hydrogen-bond donors (Lipinski definition) is 1. The van der Waals surface area contributed by atoms with Gasteiger partial charge in [-0.15, -0.1) is 0 Å². The number of aromatic hydroxyl groups is 1. The average molecular weight is 445 g/mol. The fourth-order valence-corrected chi connectivity index (χ4v) is 3.96. The van der Waals surface area contributed by atoms with Crippen LogP contribution in [-0.4, -0.2) is 15.1 Å². The van der Waals surface area contributed by atoms with E-state index in [1.807, 2.05) is 66.7 Å². The van der Waals surface area contributed by atoms with Gasteiger partial charge in [0, 0.05) is 29.3 Å². The zero-order valence-electron chi connectivity index (χ0n) is 18.8. The lowest BCUT2D eigenvalue weighted by molar-refractivity contribution is 0.463. The maximum atomic E-state index is 10.5. The molecule has 0 saturated heterocycles. The van der Waals surface area contributed by atoms with E-state index in [1.54, 1.807) is 12.3 Å². The minimum atomic E-state index is 0.153. The molecule has 1 unspecified atom stereocenters. The summed E-state index contributed by atoms with van der Waals surface area (Å²) >= 11 is 0. The van der Waals surface area contributed by atoms with Crippen LogP contribution < -0.4 is 4.74 Å². The molecule has 0 aliphatic heterocycles. The van der Waals surface area contributed by atoms with E-state index < -0.39 is 0 Å². The number of ether oxygens (including phenoxy) is 1. The quantitative estimate of drug-likeness (QED) is 0.295. The maximum absolute atomic E-state index is 10.5. The van der Waals surface area contributed by atoms with Gasteiger partial charge in [-0.1, -0.05) is 67.6 Å². The summed E-state index contributed by atoms with van der Waals surface area (Å²) in [5, 5.41) is 10.5. The number of phenols is 1. The fraction of sp³-hybridized carbons (Fsp3) is 0.0667. The fourth-order valence-electron chi connectivity index (χ4n) is 3.96. The Balaban J connectivity index is 1.60. The van der Waals surface area contributed by atoms with Gasteiger partial charge in [-0.3, -0.25) is 0 Å². The van der Waals surface area contributed by atoms with Gasteiger partial charge < -0.3 is 9.84 Å². The van der Waals surface area contributed by atoms with Crippen LogP contribution in [0, 0.1) is 0 Å². The summed E-state index contributed by atoms with van der Waals surface area (Å²) in [6.07, 6.45) is 1.70. The summed E-state index contributed by atoms with van der Waals surface area (Å²) in [6.45, 7) is 2.18. The molecule has 5 rings (SSSR count). The van der Waals surface area contributed by atoms with Crippen molar-refractivity contribution >= 4 is 0 Å². The predicted octanol–water partition coefficient (Wildman–Crippen LogP) is 7.46. The SMILES string of the molecule is CC(c1ccccc1)c1cc(-c2cccc(Oc3ccccn3)c2)nc(-c2ccccc2O)c1. The average Bonchev–Trinajstić information content (AvgIpc) is 2.89. The van der Waals surface area contributed by atoms with E-state index in [4.69, 9.17) is 9.72 Å². The molecule has 4 heteroatoms. The Morgan fingerprint density at radius 1 is 0.706 bits per heavy atom. The molecule has 4 nitrogen and oxygen atoms in total. The van der Waals surface area contributed by atoms with Crippen LogP contribution in [-0.2, 0) is 0 Å². The van der Waals surface area contributed by atoms with Crippen LogP contribution in [0.25, 0.3) is 22.5 Å². The third kappa shape index (κ3) is 4.66. The van der Waals surface area contributed by atoms with Crippen molar-refractivity contribution in [1.29, 1.82) is 0 Å². The monoisotopic (exact) mass is 444 g/mol. The van der Waals surface area contributed by atoms with Gasteiger partial charge in [-0.2, -0.15) is 0 Å². The maximum Gasteiger partial charge on any atom is 0.219 e. The Hall–Kier alpha value is -4.44. The Kier molecular flexibility index (Phi) is 6.04. The first-order valence-electron chi connectivity index (χ1n) is 11.2. The van der Waals surface area contributed by atoms with Crippen molar-refractivity contribution in [3.05, 3.63) is 127 Å². The van der Waals surface area contributed by atoms with Gasteiger partial charge in [0.2, 0.25) is 5.88 Å². The van der Waals surface area contributed by atoms with E-state index >= 15 is 0 Å². The van der Waals surface area contributed by atoms with Crippen LogP contribution >= 0.6 is 0 Å². The zero-order chi connectivity index (χ0) is 23.3. The molecule has 1 N–H and O–H groups in total. The lowest BCUT2D eigenvalue weighted by Crippen LogP contribution is -1.99. The molecule has 0 saturated carbocycles. The molecule has 0 radical (unpaired) electrons. The molecule has 0 spiro atoms. The van der Waals surface area contributed by atoms with E-state index in [1.165, 1.54) is 5.56 Å². The van der Waals surface area contributed by atoms with Crippen LogP contribution in [0.1, 0.15) is 24.0 Å². The van der Waals surface area contributed by atoms with Gasteiger partial charge in [0.05, 0.1) is 11.4 Å². The molecular formula is C30H24N2O2. The summed E-state index contributed by atoms with van der Waals surface area (Å²) in [6, 6.07) is 35.2. The lowest BCUT2D eigenvalue weighted by atomic mass is 9.91. The Bertz CT molecular complexity index is 1400. The van der Waals surface area contributed by atoms with Crippen LogP contribution in [0.2, 0.25) is 0 Å². The van der Waals surface area contributed by atoms with Crippen molar-refractivity contribution in [3.63, 3.8) is 0 Å². The molecule has 5 aromatic rings. The number of para-hydroxylation sites is 1. The predicted molar refractivity (Wildman–Crippen MR) is 135 cm³/mol. The lowest BCUT2D eigenvalue weighted by Gasteiger charge is -2.16. The summed E-state index contributed by atoms with van der Waals surface area (Å²) in [5.41, 5.74) is 5.49. The molecular weight excluding hydrogens is 420 g/mol. The first kappa shape index (κ1) is 21.4. The van der Waals surface area contributed by atoms with Crippen molar-refractivity contribution < 1.29 is 9.84 Å². The van der Waals surface area contributed by atoms with Crippen LogP contribution in [0.15, 0.2) is 115 Å². The first-order chi connectivity index (χ1) is 16.7. The highest BCUT2D eigenvalue weighted by molar-refractivity contribution is 5.72. The molecule has 2 aromatic heterocycles. The first-order valence-corrected chi connectivity index (χ1v) is 11.2. The Morgan fingerprint density at radius 2 is 1.47 bits per heavy atom. The number of rotatable bonds is 6. The van der Waals surface area contributed by atoms with E-state index in [0.717, 1.165) is 22.5 Å². The summed E-state index contributed by atoms with van der Waals surface area (Å²) in [4.78, 5) is 9.17. The minimum absolute atomic E-state index is 0.153. The smallest absolute Gasteiger partial charge is 0.219 e. The van der Waals surface area contributed by atoms with Crippen molar-refractivity contribution in [2.24, 2.45) is 0 Å². The molecule has 166 valence electrons. The Morgan fingerprint density at radius 3 is 2.26 bits per heavy atom. The molecule has 0 aliphatic rings. The number of hydrogen-bond acceptors (Lipinski definition) is 4.